The SMILES string of the molecule is CCC1CC1(NC(=O)C1CCC(OCc2cccc3ccccc23)C1)C(=O)OCc1ccccc1. The van der Waals surface area contributed by atoms with Crippen molar-refractivity contribution in [3.63, 3.8) is 0 Å². The number of fused-ring (bicyclic) bond motifs is 1. The van der Waals surface area contributed by atoms with Crippen LogP contribution < -0.4 is 5.32 Å². The fourth-order valence-electron chi connectivity index (χ4n) is 5.41. The van der Waals surface area contributed by atoms with Gasteiger partial charge < -0.3 is 14.8 Å². The van der Waals surface area contributed by atoms with Crippen LogP contribution in [-0.4, -0.2) is 23.5 Å². The van der Waals surface area contributed by atoms with Crippen LogP contribution in [0.15, 0.2) is 72.8 Å². The third kappa shape index (κ3) is 5.10. The largest absolute Gasteiger partial charge is 0.459 e. The Kier molecular flexibility index (Phi) is 6.87. The van der Waals surface area contributed by atoms with Crippen molar-refractivity contribution in [1.29, 1.82) is 0 Å². The van der Waals surface area contributed by atoms with Crippen molar-refractivity contribution in [2.24, 2.45) is 11.8 Å². The van der Waals surface area contributed by atoms with Gasteiger partial charge in [-0.3, -0.25) is 4.79 Å². The van der Waals surface area contributed by atoms with E-state index < -0.39 is 5.54 Å². The molecule has 3 aromatic rings. The predicted molar refractivity (Wildman–Crippen MR) is 135 cm³/mol. The first-order chi connectivity index (χ1) is 17.1. The summed E-state index contributed by atoms with van der Waals surface area (Å²) in [6.07, 6.45) is 3.84. The lowest BCUT2D eigenvalue weighted by Gasteiger charge is -2.21. The van der Waals surface area contributed by atoms with Gasteiger partial charge in [0, 0.05) is 5.92 Å². The van der Waals surface area contributed by atoms with E-state index in [0.717, 1.165) is 24.8 Å². The van der Waals surface area contributed by atoms with Crippen LogP contribution in [-0.2, 0) is 32.3 Å². The number of esters is 1. The van der Waals surface area contributed by atoms with Gasteiger partial charge in [-0.1, -0.05) is 86.1 Å². The number of hydrogen-bond donors (Lipinski definition) is 1. The molecule has 0 heterocycles. The van der Waals surface area contributed by atoms with Crippen LogP contribution in [0.5, 0.6) is 0 Å². The third-order valence-electron chi connectivity index (χ3n) is 7.63. The molecule has 3 aromatic carbocycles. The minimum Gasteiger partial charge on any atom is -0.459 e. The van der Waals surface area contributed by atoms with Gasteiger partial charge in [0.2, 0.25) is 5.91 Å². The van der Waals surface area contributed by atoms with Crippen LogP contribution in [0.1, 0.15) is 50.2 Å². The van der Waals surface area contributed by atoms with Crippen molar-refractivity contribution in [1.82, 2.24) is 5.32 Å². The van der Waals surface area contributed by atoms with Gasteiger partial charge in [-0.15, -0.1) is 0 Å². The highest BCUT2D eigenvalue weighted by Gasteiger charge is 2.61. The second kappa shape index (κ2) is 10.2. The molecule has 2 aliphatic rings. The van der Waals surface area contributed by atoms with Gasteiger partial charge in [-0.2, -0.15) is 0 Å². The van der Waals surface area contributed by atoms with Gasteiger partial charge in [-0.05, 0) is 53.5 Å². The molecule has 5 nitrogen and oxygen atoms in total. The molecule has 4 unspecified atom stereocenters. The Bertz CT molecular complexity index is 1190. The number of carbonyl (C=O) groups excluding carboxylic acids is 2. The Morgan fingerprint density at radius 2 is 1.71 bits per heavy atom. The van der Waals surface area contributed by atoms with Gasteiger partial charge in [-0.25, -0.2) is 4.79 Å². The minimum absolute atomic E-state index is 0.0473. The second-order valence-corrected chi connectivity index (χ2v) is 9.91. The zero-order valence-electron chi connectivity index (χ0n) is 20.2. The summed E-state index contributed by atoms with van der Waals surface area (Å²) >= 11 is 0. The third-order valence-corrected chi connectivity index (χ3v) is 7.63. The van der Waals surface area contributed by atoms with Crippen LogP contribution in [0.2, 0.25) is 0 Å². The summed E-state index contributed by atoms with van der Waals surface area (Å²) in [5, 5.41) is 5.51. The lowest BCUT2D eigenvalue weighted by Crippen LogP contribution is -2.48. The molecule has 182 valence electrons. The lowest BCUT2D eigenvalue weighted by atomic mass is 10.0. The Hall–Kier alpha value is -3.18. The first kappa shape index (κ1) is 23.6. The van der Waals surface area contributed by atoms with E-state index in [1.54, 1.807) is 0 Å². The van der Waals surface area contributed by atoms with Crippen LogP contribution in [0.25, 0.3) is 10.8 Å². The standard InChI is InChI=1S/C30H33NO4/c1-2-25-18-30(25,29(33)35-19-21-9-4-3-5-10-21)31-28(32)23-15-16-26(17-23)34-20-24-13-8-12-22-11-6-7-14-27(22)24/h3-14,23,25-26H,2,15-20H2,1H3,(H,31,32). The number of nitrogens with one attached hydrogen (secondary N) is 1. The monoisotopic (exact) mass is 471 g/mol. The molecule has 2 fully saturated rings. The van der Waals surface area contributed by atoms with Gasteiger partial charge in [0.05, 0.1) is 12.7 Å². The molecule has 35 heavy (non-hydrogen) atoms. The van der Waals surface area contributed by atoms with Crippen molar-refractivity contribution < 1.29 is 19.1 Å². The summed E-state index contributed by atoms with van der Waals surface area (Å²) in [6.45, 7) is 2.81. The second-order valence-electron chi connectivity index (χ2n) is 9.91. The van der Waals surface area contributed by atoms with Crippen LogP contribution >= 0.6 is 0 Å². The molecule has 4 atom stereocenters. The molecule has 0 spiro atoms. The number of rotatable bonds is 9. The van der Waals surface area contributed by atoms with Crippen molar-refractivity contribution in [2.45, 2.75) is 63.9 Å². The van der Waals surface area contributed by atoms with E-state index in [-0.39, 0.29) is 36.4 Å². The highest BCUT2D eigenvalue weighted by atomic mass is 16.5. The van der Waals surface area contributed by atoms with Gasteiger partial charge >= 0.3 is 5.97 Å². The Balaban J connectivity index is 1.15. The molecule has 1 N–H and O–H groups in total. The van der Waals surface area contributed by atoms with E-state index in [9.17, 15) is 9.59 Å². The molecule has 0 aromatic heterocycles. The number of carbonyl (C=O) groups is 2. The van der Waals surface area contributed by atoms with E-state index in [0.29, 0.717) is 19.4 Å². The van der Waals surface area contributed by atoms with Crippen LogP contribution in [0.4, 0.5) is 0 Å². The quantitative estimate of drug-likeness (QED) is 0.416. The summed E-state index contributed by atoms with van der Waals surface area (Å²) in [4.78, 5) is 26.2. The molecular weight excluding hydrogens is 438 g/mol. The number of amides is 1. The van der Waals surface area contributed by atoms with Crippen molar-refractivity contribution in [3.05, 3.63) is 83.9 Å². The van der Waals surface area contributed by atoms with E-state index in [4.69, 9.17) is 9.47 Å². The molecule has 2 aliphatic carbocycles. The van der Waals surface area contributed by atoms with Crippen molar-refractivity contribution in [3.8, 4) is 0 Å². The zero-order valence-corrected chi connectivity index (χ0v) is 20.2. The maximum absolute atomic E-state index is 13.2. The highest BCUT2D eigenvalue weighted by molar-refractivity contribution is 5.92. The van der Waals surface area contributed by atoms with Gasteiger partial charge in [0.15, 0.2) is 0 Å². The van der Waals surface area contributed by atoms with Crippen LogP contribution in [0.3, 0.4) is 0 Å². The molecule has 0 bridgehead atoms. The molecule has 0 radical (unpaired) electrons. The molecule has 2 saturated carbocycles. The molecule has 1 amide bonds. The van der Waals surface area contributed by atoms with E-state index in [2.05, 4.69) is 42.6 Å². The zero-order chi connectivity index (χ0) is 24.3. The predicted octanol–water partition coefficient (Wildman–Crippen LogP) is 5.55. The van der Waals surface area contributed by atoms with Gasteiger partial charge in [0.25, 0.3) is 0 Å². The minimum atomic E-state index is -0.873. The summed E-state index contributed by atoms with van der Waals surface area (Å²) < 4.78 is 11.8. The van der Waals surface area contributed by atoms with Crippen molar-refractivity contribution in [2.75, 3.05) is 0 Å². The molecular formula is C30H33NO4. The number of benzene rings is 3. The highest BCUT2D eigenvalue weighted by Crippen LogP contribution is 2.47. The number of ether oxygens (including phenoxy) is 2. The van der Waals surface area contributed by atoms with Gasteiger partial charge in [0.1, 0.15) is 12.1 Å². The van der Waals surface area contributed by atoms with E-state index in [1.807, 2.05) is 42.5 Å². The fourth-order valence-corrected chi connectivity index (χ4v) is 5.41. The first-order valence-corrected chi connectivity index (χ1v) is 12.7. The van der Waals surface area contributed by atoms with Crippen LogP contribution in [0, 0.1) is 11.8 Å². The molecule has 0 aliphatic heterocycles. The van der Waals surface area contributed by atoms with E-state index in [1.165, 1.54) is 16.3 Å². The average molecular weight is 472 g/mol. The fraction of sp³-hybridized carbons (Fsp3) is 0.400. The Morgan fingerprint density at radius 3 is 2.51 bits per heavy atom. The summed E-state index contributed by atoms with van der Waals surface area (Å²) in [5.41, 5.74) is 1.24. The first-order valence-electron chi connectivity index (χ1n) is 12.7. The Morgan fingerprint density at radius 1 is 0.943 bits per heavy atom. The summed E-state index contributed by atoms with van der Waals surface area (Å²) in [7, 11) is 0. The average Bonchev–Trinajstić information content (AvgIpc) is 3.40. The number of hydrogen-bond acceptors (Lipinski definition) is 4. The molecule has 0 saturated heterocycles. The maximum atomic E-state index is 13.2. The lowest BCUT2D eigenvalue weighted by molar-refractivity contribution is -0.151. The summed E-state index contributed by atoms with van der Waals surface area (Å²) in [5.74, 6) is -0.365. The maximum Gasteiger partial charge on any atom is 0.332 e. The van der Waals surface area contributed by atoms with Crippen molar-refractivity contribution >= 4 is 22.6 Å². The smallest absolute Gasteiger partial charge is 0.332 e. The summed E-state index contributed by atoms with van der Waals surface area (Å²) in [6, 6.07) is 24.2. The van der Waals surface area contributed by atoms with E-state index >= 15 is 0 Å². The Labute approximate surface area is 206 Å². The molecule has 5 heteroatoms. The normalized spacial score (nSPS) is 25.3. The topological polar surface area (TPSA) is 64.6 Å². The molecule has 5 rings (SSSR count).